The molecule has 0 spiro atoms. The predicted molar refractivity (Wildman–Crippen MR) is 305 cm³/mol. The Morgan fingerprint density at radius 3 is 1.53 bits per heavy atom. The van der Waals surface area contributed by atoms with Crippen LogP contribution in [-0.2, 0) is 0 Å². The second-order valence-electron chi connectivity index (χ2n) is 20.0. The van der Waals surface area contributed by atoms with E-state index in [-0.39, 0.29) is 5.92 Å². The van der Waals surface area contributed by atoms with Crippen molar-refractivity contribution in [1.82, 2.24) is 4.57 Å². The fraction of sp³-hybridized carbons (Fsp3) is 0.0145. The largest absolute Gasteiger partial charge is 0.456 e. The lowest BCUT2D eigenvalue weighted by molar-refractivity contribution is 0.668. The molecule has 17 rings (SSSR count). The number of rotatable bonds is 4. The molecule has 0 saturated carbocycles. The molecule has 0 bridgehead atoms. The minimum atomic E-state index is -0.372. The Morgan fingerprint density at radius 1 is 0.408 bits per heavy atom. The first-order valence-electron chi connectivity index (χ1n) is 25.3. The van der Waals surface area contributed by atoms with Gasteiger partial charge < -0.3 is 22.2 Å². The molecule has 1 aliphatic rings. The summed E-state index contributed by atoms with van der Waals surface area (Å²) in [7, 11) is 0. The quantitative estimate of drug-likeness (QED) is 0.164. The first-order chi connectivity index (χ1) is 37.6. The molecule has 0 radical (unpaired) electrons. The van der Waals surface area contributed by atoms with Crippen LogP contribution in [0, 0.1) is 17.9 Å². The van der Waals surface area contributed by atoms with Gasteiger partial charge in [0.15, 0.2) is 5.69 Å². The van der Waals surface area contributed by atoms with Crippen LogP contribution in [0.2, 0.25) is 0 Å². The normalized spacial score (nSPS) is 13.4. The molecular weight excluding hydrogens is 935 g/mol. The van der Waals surface area contributed by atoms with E-state index in [1.54, 1.807) is 6.07 Å². The van der Waals surface area contributed by atoms with Gasteiger partial charge >= 0.3 is 0 Å². The lowest BCUT2D eigenvalue weighted by atomic mass is 9.86. The van der Waals surface area contributed by atoms with Crippen molar-refractivity contribution in [1.29, 1.82) is 5.26 Å². The molecule has 16 aromatic rings. The molecule has 5 aromatic heterocycles. The average Bonchev–Trinajstić information content (AvgIpc) is 4.44. The second-order valence-corrected chi connectivity index (χ2v) is 20.0. The van der Waals surface area contributed by atoms with Crippen LogP contribution in [0.3, 0.4) is 0 Å². The van der Waals surface area contributed by atoms with Gasteiger partial charge in [0.05, 0.1) is 40.3 Å². The van der Waals surface area contributed by atoms with Crippen LogP contribution in [0.25, 0.3) is 153 Å². The third-order valence-electron chi connectivity index (χ3n) is 16.2. The van der Waals surface area contributed by atoms with Gasteiger partial charge in [0, 0.05) is 60.0 Å². The third-order valence-corrected chi connectivity index (χ3v) is 16.2. The number of furan rings is 4. The molecule has 7 nitrogen and oxygen atoms in total. The fourth-order valence-electron chi connectivity index (χ4n) is 12.8. The van der Waals surface area contributed by atoms with E-state index in [0.29, 0.717) is 16.9 Å². The maximum atomic E-state index is 11.2. The van der Waals surface area contributed by atoms with Gasteiger partial charge in [-0.05, 0) is 136 Å². The molecule has 11 aromatic carbocycles. The summed E-state index contributed by atoms with van der Waals surface area (Å²) in [4.78, 5) is 4.21. The highest BCUT2D eigenvalue weighted by atomic mass is 16.3. The predicted octanol–water partition coefficient (Wildman–Crippen LogP) is 19.3. The van der Waals surface area contributed by atoms with Gasteiger partial charge in [-0.15, -0.1) is 0 Å². The Bertz CT molecular complexity index is 5350. The molecule has 1 aliphatic carbocycles. The number of hydrogen-bond donors (Lipinski definition) is 0. The lowest BCUT2D eigenvalue weighted by Gasteiger charge is -2.20. The summed E-state index contributed by atoms with van der Waals surface area (Å²) in [6.45, 7) is 8.75. The maximum Gasteiger partial charge on any atom is 0.192 e. The Morgan fingerprint density at radius 2 is 0.895 bits per heavy atom. The SMILES string of the molecule is [C-]#[N+]c1cc(C#N)c(-n2c3ccc(-c4ccc5oc6ccccc6c5c4)cc3c3c4oc5ccccc5c4ccc32)cc1C1c2ccc(-c3ccc4oc5ccccc5c4c3)cc2-c2c1ccc1c2oc2ccccc21. The summed E-state index contributed by atoms with van der Waals surface area (Å²) in [5.74, 6) is -0.372. The number of benzene rings is 11. The van der Waals surface area contributed by atoms with E-state index in [0.717, 1.165) is 160 Å². The minimum absolute atomic E-state index is 0.372. The topological polar surface area (TPSA) is 85.6 Å². The van der Waals surface area contributed by atoms with E-state index in [2.05, 4.69) is 143 Å². The van der Waals surface area contributed by atoms with Crippen molar-refractivity contribution in [3.63, 3.8) is 0 Å². The van der Waals surface area contributed by atoms with Crippen molar-refractivity contribution < 1.29 is 17.7 Å². The molecule has 76 heavy (non-hydrogen) atoms. The molecule has 7 heteroatoms. The first-order valence-corrected chi connectivity index (χ1v) is 25.3. The highest BCUT2D eigenvalue weighted by Gasteiger charge is 2.36. The summed E-state index contributed by atoms with van der Waals surface area (Å²) in [5.41, 5.74) is 19.0. The highest BCUT2D eigenvalue weighted by molar-refractivity contribution is 6.24. The number of hydrogen-bond acceptors (Lipinski definition) is 5. The minimum Gasteiger partial charge on any atom is -0.456 e. The molecule has 5 heterocycles. The van der Waals surface area contributed by atoms with Gasteiger partial charge in [0.1, 0.15) is 44.7 Å². The van der Waals surface area contributed by atoms with Crippen LogP contribution in [0.5, 0.6) is 0 Å². The molecule has 0 saturated heterocycles. The fourth-order valence-corrected chi connectivity index (χ4v) is 12.8. The number of nitriles is 1. The third kappa shape index (κ3) is 5.52. The van der Waals surface area contributed by atoms with E-state index >= 15 is 0 Å². The van der Waals surface area contributed by atoms with Gasteiger partial charge in [-0.3, -0.25) is 0 Å². The van der Waals surface area contributed by atoms with Crippen LogP contribution < -0.4 is 0 Å². The zero-order chi connectivity index (χ0) is 49.9. The Labute approximate surface area is 431 Å². The van der Waals surface area contributed by atoms with Crippen molar-refractivity contribution >= 4 is 115 Å². The standard InChI is InChI=1S/C69H35N3O4/c1-71-55-34-41(36-70)58(72-56-26-19-38(40-21-29-64-51(31-40)45-13-5-7-15-60(45)74-64)33-54(56)67-57(72)27-25-48-43-11-3-9-17-62(43)76-69(48)67)35-53(55)65-46-22-18-37(39-20-28-63-50(30-39)44-12-4-6-14-59(44)73-63)32-52(46)66-49(65)24-23-47-42-10-2-8-16-61(42)75-68(47)66/h2-35,65H. The molecular formula is C69H35N3O4. The highest BCUT2D eigenvalue weighted by Crippen LogP contribution is 2.55. The number of fused-ring (bicyclic) bond motifs is 20. The molecule has 0 fully saturated rings. The first kappa shape index (κ1) is 40.9. The smallest absolute Gasteiger partial charge is 0.192 e. The Balaban J connectivity index is 0.910. The molecule has 350 valence electrons. The molecule has 0 aliphatic heterocycles. The van der Waals surface area contributed by atoms with E-state index in [1.807, 2.05) is 72.8 Å². The average molecular weight is 970 g/mol. The van der Waals surface area contributed by atoms with Gasteiger partial charge in [-0.25, -0.2) is 4.85 Å². The summed E-state index contributed by atoms with van der Waals surface area (Å²) in [6.07, 6.45) is 0. The van der Waals surface area contributed by atoms with E-state index < -0.39 is 0 Å². The van der Waals surface area contributed by atoms with E-state index in [1.165, 1.54) is 0 Å². The monoisotopic (exact) mass is 969 g/mol. The van der Waals surface area contributed by atoms with Crippen molar-refractivity contribution in [2.45, 2.75) is 5.92 Å². The van der Waals surface area contributed by atoms with Crippen molar-refractivity contribution in [3.05, 3.63) is 240 Å². The Hall–Kier alpha value is -10.6. The number of para-hydroxylation sites is 4. The lowest BCUT2D eigenvalue weighted by Crippen LogP contribution is -2.04. The zero-order valence-electron chi connectivity index (χ0n) is 40.2. The summed E-state index contributed by atoms with van der Waals surface area (Å²) in [6, 6.07) is 73.7. The summed E-state index contributed by atoms with van der Waals surface area (Å²) >= 11 is 0. The van der Waals surface area contributed by atoms with Crippen LogP contribution in [0.15, 0.2) is 224 Å². The summed E-state index contributed by atoms with van der Waals surface area (Å²) < 4.78 is 28.3. The van der Waals surface area contributed by atoms with Crippen molar-refractivity contribution in [3.8, 4) is 45.1 Å². The van der Waals surface area contributed by atoms with Crippen molar-refractivity contribution in [2.24, 2.45) is 0 Å². The van der Waals surface area contributed by atoms with Crippen LogP contribution in [-0.4, -0.2) is 4.57 Å². The number of aromatic nitrogens is 1. The van der Waals surface area contributed by atoms with E-state index in [9.17, 15) is 5.26 Å². The molecule has 1 atom stereocenters. The van der Waals surface area contributed by atoms with Gasteiger partial charge in [-0.1, -0.05) is 115 Å². The van der Waals surface area contributed by atoms with Crippen LogP contribution in [0.4, 0.5) is 5.69 Å². The van der Waals surface area contributed by atoms with Crippen molar-refractivity contribution in [2.75, 3.05) is 0 Å². The Kier molecular flexibility index (Phi) is 8.08. The van der Waals surface area contributed by atoms with Gasteiger partial charge in [-0.2, -0.15) is 5.26 Å². The molecule has 0 N–H and O–H groups in total. The van der Waals surface area contributed by atoms with Crippen LogP contribution in [0.1, 0.15) is 28.2 Å². The maximum absolute atomic E-state index is 11.2. The van der Waals surface area contributed by atoms with Crippen LogP contribution >= 0.6 is 0 Å². The van der Waals surface area contributed by atoms with E-state index in [4.69, 9.17) is 24.2 Å². The van der Waals surface area contributed by atoms with Gasteiger partial charge in [0.25, 0.3) is 0 Å². The zero-order valence-corrected chi connectivity index (χ0v) is 40.2. The molecule has 0 amide bonds. The number of nitrogens with zero attached hydrogens (tertiary/aromatic N) is 3. The summed E-state index contributed by atoms with van der Waals surface area (Å²) in [5, 5.41) is 21.5. The second kappa shape index (κ2) is 15.0. The van der Waals surface area contributed by atoms with Gasteiger partial charge in [0.2, 0.25) is 0 Å². The molecule has 1 unspecified atom stereocenters.